The molecule has 2 aromatic carbocycles. The highest BCUT2D eigenvalue weighted by atomic mass is 19.1. The van der Waals surface area contributed by atoms with Gasteiger partial charge in [0.1, 0.15) is 11.4 Å². The summed E-state index contributed by atoms with van der Waals surface area (Å²) >= 11 is 0. The number of halogens is 1. The molecule has 1 saturated heterocycles. The van der Waals surface area contributed by atoms with E-state index in [1.54, 1.807) is 17.2 Å². The number of nitrogens with zero attached hydrogens (tertiary/aromatic N) is 3. The fourth-order valence-electron chi connectivity index (χ4n) is 4.74. The molecule has 3 aromatic rings. The van der Waals surface area contributed by atoms with Gasteiger partial charge in [-0.05, 0) is 56.0 Å². The lowest BCUT2D eigenvalue weighted by Crippen LogP contribution is -2.48. The highest BCUT2D eigenvalue weighted by Gasteiger charge is 2.29. The third kappa shape index (κ3) is 4.40. The summed E-state index contributed by atoms with van der Waals surface area (Å²) in [5.74, 6) is -0.983. The largest absolute Gasteiger partial charge is 0.366 e. The van der Waals surface area contributed by atoms with Crippen molar-refractivity contribution < 1.29 is 14.0 Å². The zero-order valence-electron chi connectivity index (χ0n) is 20.2. The summed E-state index contributed by atoms with van der Waals surface area (Å²) < 4.78 is 17.2. The number of hydrogen-bond acceptors (Lipinski definition) is 4. The number of benzene rings is 2. The zero-order valence-corrected chi connectivity index (χ0v) is 20.2. The van der Waals surface area contributed by atoms with E-state index in [2.05, 4.69) is 5.32 Å². The number of amides is 2. The number of rotatable bonds is 4. The van der Waals surface area contributed by atoms with Crippen LogP contribution in [0.3, 0.4) is 0 Å². The summed E-state index contributed by atoms with van der Waals surface area (Å²) in [6, 6.07) is 8.91. The first kappa shape index (κ1) is 23.1. The van der Waals surface area contributed by atoms with Crippen molar-refractivity contribution >= 4 is 34.1 Å². The molecule has 0 spiro atoms. The summed E-state index contributed by atoms with van der Waals surface area (Å²) in [5, 5.41) is 3.07. The third-order valence-electron chi connectivity index (χ3n) is 6.99. The number of fused-ring (bicyclic) bond motifs is 1. The zero-order chi connectivity index (χ0) is 24.9. The Morgan fingerprint density at radius 3 is 2.40 bits per heavy atom. The van der Waals surface area contributed by atoms with Gasteiger partial charge in [0, 0.05) is 56.4 Å². The predicted molar refractivity (Wildman–Crippen MR) is 135 cm³/mol. The second-order valence-electron chi connectivity index (χ2n) is 9.60. The number of carbonyl (C=O) groups excluding carboxylic acids is 2. The van der Waals surface area contributed by atoms with E-state index in [1.165, 1.54) is 13.0 Å². The van der Waals surface area contributed by atoms with Crippen LogP contribution in [0.5, 0.6) is 0 Å². The quantitative estimate of drug-likeness (QED) is 0.618. The molecule has 5 rings (SSSR count). The van der Waals surface area contributed by atoms with Gasteiger partial charge in [-0.15, -0.1) is 0 Å². The van der Waals surface area contributed by atoms with E-state index in [1.807, 2.05) is 41.5 Å². The minimum absolute atomic E-state index is 0.00697. The maximum atomic E-state index is 15.3. The molecule has 182 valence electrons. The van der Waals surface area contributed by atoms with Gasteiger partial charge in [-0.25, -0.2) is 4.39 Å². The van der Waals surface area contributed by atoms with E-state index in [-0.39, 0.29) is 22.9 Å². The molecule has 1 aliphatic heterocycles. The lowest BCUT2D eigenvalue weighted by atomic mass is 10.1. The molecule has 0 atom stereocenters. The smallest absolute Gasteiger partial charge is 0.261 e. The molecule has 0 bridgehead atoms. The standard InChI is InChI=1S/C27H29FN4O3/c1-16-4-5-17(2)23(12-16)29-27(35)21-15-32(19-6-7-19)24-14-25(22(28)13-20(24)26(21)34)31-10-8-30(9-11-31)18(3)33/h4-5,12-15,19H,6-11H2,1-3H3,(H,29,35). The average Bonchev–Trinajstić information content (AvgIpc) is 3.67. The number of aromatic nitrogens is 1. The first-order chi connectivity index (χ1) is 16.7. The predicted octanol–water partition coefficient (Wildman–Crippen LogP) is 4.01. The minimum atomic E-state index is -0.500. The Hall–Kier alpha value is -3.68. The number of anilines is 2. The molecule has 1 N–H and O–H groups in total. The highest BCUT2D eigenvalue weighted by Crippen LogP contribution is 2.38. The van der Waals surface area contributed by atoms with Crippen LogP contribution in [-0.4, -0.2) is 47.5 Å². The number of hydrogen-bond donors (Lipinski definition) is 1. The second-order valence-corrected chi connectivity index (χ2v) is 9.60. The van der Waals surface area contributed by atoms with E-state index in [4.69, 9.17) is 0 Å². The van der Waals surface area contributed by atoms with Crippen molar-refractivity contribution in [2.24, 2.45) is 0 Å². The topological polar surface area (TPSA) is 74.7 Å². The monoisotopic (exact) mass is 476 g/mol. The molecule has 1 aromatic heterocycles. The van der Waals surface area contributed by atoms with Crippen molar-refractivity contribution in [3.63, 3.8) is 0 Å². The van der Waals surface area contributed by atoms with E-state index in [0.29, 0.717) is 43.1 Å². The Labute approximate surface area is 203 Å². The van der Waals surface area contributed by atoms with E-state index < -0.39 is 17.2 Å². The molecule has 35 heavy (non-hydrogen) atoms. The maximum absolute atomic E-state index is 15.3. The minimum Gasteiger partial charge on any atom is -0.366 e. The Morgan fingerprint density at radius 2 is 1.74 bits per heavy atom. The van der Waals surface area contributed by atoms with Gasteiger partial charge in [-0.3, -0.25) is 14.4 Å². The fourth-order valence-corrected chi connectivity index (χ4v) is 4.74. The second kappa shape index (κ2) is 8.83. The number of piperazine rings is 1. The summed E-state index contributed by atoms with van der Waals surface area (Å²) in [5.41, 5.74) is 3.12. The molecular weight excluding hydrogens is 447 g/mol. The van der Waals surface area contributed by atoms with Gasteiger partial charge in [-0.1, -0.05) is 12.1 Å². The summed E-state index contributed by atoms with van der Waals surface area (Å²) in [6.07, 6.45) is 3.51. The van der Waals surface area contributed by atoms with Gasteiger partial charge in [-0.2, -0.15) is 0 Å². The van der Waals surface area contributed by atoms with E-state index >= 15 is 4.39 Å². The molecule has 1 aliphatic carbocycles. The van der Waals surface area contributed by atoms with Crippen LogP contribution in [0.1, 0.15) is 47.3 Å². The first-order valence-electron chi connectivity index (χ1n) is 12.0. The van der Waals surface area contributed by atoms with E-state index in [0.717, 1.165) is 24.0 Å². The van der Waals surface area contributed by atoms with Crippen molar-refractivity contribution in [2.45, 2.75) is 39.7 Å². The van der Waals surface area contributed by atoms with Crippen LogP contribution >= 0.6 is 0 Å². The Balaban J connectivity index is 1.54. The van der Waals surface area contributed by atoms with Gasteiger partial charge in [0.15, 0.2) is 0 Å². The molecule has 0 radical (unpaired) electrons. The summed E-state index contributed by atoms with van der Waals surface area (Å²) in [6.45, 7) is 7.46. The van der Waals surface area contributed by atoms with Crippen LogP contribution in [-0.2, 0) is 4.79 Å². The van der Waals surface area contributed by atoms with E-state index in [9.17, 15) is 14.4 Å². The van der Waals surface area contributed by atoms with Crippen molar-refractivity contribution in [3.05, 3.63) is 69.3 Å². The molecule has 0 unspecified atom stereocenters. The number of aryl methyl sites for hydroxylation is 2. The molecule has 1 saturated carbocycles. The van der Waals surface area contributed by atoms with Crippen LogP contribution in [0.25, 0.3) is 10.9 Å². The Kier molecular flexibility index (Phi) is 5.83. The molecule has 2 amide bonds. The van der Waals surface area contributed by atoms with Gasteiger partial charge < -0.3 is 19.7 Å². The molecule has 7 nitrogen and oxygen atoms in total. The molecule has 8 heteroatoms. The fraction of sp³-hybridized carbons (Fsp3) is 0.370. The maximum Gasteiger partial charge on any atom is 0.261 e. The van der Waals surface area contributed by atoms with Crippen molar-refractivity contribution in [1.29, 1.82) is 0 Å². The van der Waals surface area contributed by atoms with Crippen LogP contribution in [0.4, 0.5) is 15.8 Å². The van der Waals surface area contributed by atoms with Crippen molar-refractivity contribution in [1.82, 2.24) is 9.47 Å². The Bertz CT molecular complexity index is 1400. The highest BCUT2D eigenvalue weighted by molar-refractivity contribution is 6.06. The lowest BCUT2D eigenvalue weighted by molar-refractivity contribution is -0.129. The van der Waals surface area contributed by atoms with Gasteiger partial charge in [0.05, 0.1) is 11.2 Å². The normalized spacial score (nSPS) is 16.0. The average molecular weight is 477 g/mol. The number of pyridine rings is 1. The van der Waals surface area contributed by atoms with Crippen molar-refractivity contribution in [3.8, 4) is 0 Å². The number of carbonyl (C=O) groups is 2. The summed E-state index contributed by atoms with van der Waals surface area (Å²) in [7, 11) is 0. The lowest BCUT2D eigenvalue weighted by Gasteiger charge is -2.36. The van der Waals surface area contributed by atoms with Gasteiger partial charge in [0.2, 0.25) is 11.3 Å². The molecule has 2 heterocycles. The molecular formula is C27H29FN4O3. The first-order valence-corrected chi connectivity index (χ1v) is 12.0. The van der Waals surface area contributed by atoms with Crippen LogP contribution in [0.15, 0.2) is 41.3 Å². The SMILES string of the molecule is CC(=O)N1CCN(c2cc3c(cc2F)c(=O)c(C(=O)Nc2cc(C)ccc2C)cn3C2CC2)CC1. The van der Waals surface area contributed by atoms with Crippen LogP contribution in [0, 0.1) is 19.7 Å². The van der Waals surface area contributed by atoms with Crippen LogP contribution < -0.4 is 15.6 Å². The number of nitrogens with one attached hydrogen (secondary N) is 1. The molecule has 2 fully saturated rings. The third-order valence-corrected chi connectivity index (χ3v) is 6.99. The summed E-state index contributed by atoms with van der Waals surface area (Å²) in [4.78, 5) is 41.8. The van der Waals surface area contributed by atoms with Gasteiger partial charge in [0.25, 0.3) is 5.91 Å². The van der Waals surface area contributed by atoms with Crippen LogP contribution in [0.2, 0.25) is 0 Å². The van der Waals surface area contributed by atoms with Crippen molar-refractivity contribution in [2.75, 3.05) is 36.4 Å². The van der Waals surface area contributed by atoms with Gasteiger partial charge >= 0.3 is 0 Å². The Morgan fingerprint density at radius 1 is 1.03 bits per heavy atom. The molecule has 2 aliphatic rings.